The first-order chi connectivity index (χ1) is 8.36. The number of para-hydroxylation sites is 1. The number of benzene rings is 1. The van der Waals surface area contributed by atoms with Crippen molar-refractivity contribution in [3.05, 3.63) is 23.8 Å². The molecule has 0 radical (unpaired) electrons. The Morgan fingerprint density at radius 1 is 1.18 bits per heavy atom. The van der Waals surface area contributed by atoms with Crippen LogP contribution in [0, 0.1) is 0 Å². The Labute approximate surface area is 98.9 Å². The second-order valence-corrected chi connectivity index (χ2v) is 3.94. The molecule has 2 aliphatic heterocycles. The summed E-state index contributed by atoms with van der Waals surface area (Å²) in [4.78, 5) is 14.1. The van der Waals surface area contributed by atoms with Crippen molar-refractivity contribution in [2.45, 2.75) is 0 Å². The van der Waals surface area contributed by atoms with Gasteiger partial charge in [-0.3, -0.25) is 4.79 Å². The lowest BCUT2D eigenvalue weighted by Crippen LogP contribution is -2.40. The number of morpholine rings is 1. The van der Waals surface area contributed by atoms with Crippen LogP contribution in [0.3, 0.4) is 0 Å². The molecule has 0 aliphatic carbocycles. The van der Waals surface area contributed by atoms with E-state index in [0.717, 1.165) is 0 Å². The smallest absolute Gasteiger partial charge is 0.257 e. The van der Waals surface area contributed by atoms with E-state index in [0.29, 0.717) is 43.4 Å². The SMILES string of the molecule is O=C(c1cccc2c1OCO2)N1CCOCC1. The number of ether oxygens (including phenoxy) is 3. The van der Waals surface area contributed by atoms with Crippen LogP contribution in [0.4, 0.5) is 0 Å². The van der Waals surface area contributed by atoms with Gasteiger partial charge in [-0.15, -0.1) is 0 Å². The first kappa shape index (κ1) is 10.4. The van der Waals surface area contributed by atoms with Gasteiger partial charge >= 0.3 is 0 Å². The van der Waals surface area contributed by atoms with Gasteiger partial charge in [0.2, 0.25) is 6.79 Å². The van der Waals surface area contributed by atoms with Gasteiger partial charge in [0.1, 0.15) is 0 Å². The van der Waals surface area contributed by atoms with E-state index in [4.69, 9.17) is 14.2 Å². The van der Waals surface area contributed by atoms with E-state index in [-0.39, 0.29) is 12.7 Å². The molecule has 0 atom stereocenters. The fourth-order valence-electron chi connectivity index (χ4n) is 2.04. The standard InChI is InChI=1S/C12H13NO4/c14-12(13-4-6-15-7-5-13)9-2-1-3-10-11(9)17-8-16-10/h1-3H,4-8H2. The summed E-state index contributed by atoms with van der Waals surface area (Å²) in [6, 6.07) is 5.38. The van der Waals surface area contributed by atoms with Crippen LogP contribution in [-0.4, -0.2) is 43.9 Å². The highest BCUT2D eigenvalue weighted by molar-refractivity contribution is 5.98. The summed E-state index contributed by atoms with van der Waals surface area (Å²) in [5.74, 6) is 1.18. The van der Waals surface area contributed by atoms with Crippen LogP contribution in [0.5, 0.6) is 11.5 Å². The minimum Gasteiger partial charge on any atom is -0.454 e. The molecule has 1 aromatic carbocycles. The quantitative estimate of drug-likeness (QED) is 0.725. The van der Waals surface area contributed by atoms with Crippen LogP contribution in [-0.2, 0) is 4.74 Å². The summed E-state index contributed by atoms with van der Waals surface area (Å²) >= 11 is 0. The molecule has 0 aromatic heterocycles. The maximum Gasteiger partial charge on any atom is 0.257 e. The van der Waals surface area contributed by atoms with E-state index in [9.17, 15) is 4.79 Å². The van der Waals surface area contributed by atoms with Crippen molar-refractivity contribution in [3.63, 3.8) is 0 Å². The summed E-state index contributed by atoms with van der Waals surface area (Å²) < 4.78 is 15.8. The van der Waals surface area contributed by atoms with Gasteiger partial charge < -0.3 is 19.1 Å². The second-order valence-electron chi connectivity index (χ2n) is 3.94. The second kappa shape index (κ2) is 4.25. The molecule has 17 heavy (non-hydrogen) atoms. The topological polar surface area (TPSA) is 48.0 Å². The van der Waals surface area contributed by atoms with E-state index >= 15 is 0 Å². The average Bonchev–Trinajstić information content (AvgIpc) is 2.87. The maximum atomic E-state index is 12.3. The zero-order chi connectivity index (χ0) is 11.7. The van der Waals surface area contributed by atoms with Crippen LogP contribution in [0.1, 0.15) is 10.4 Å². The molecule has 1 aromatic rings. The number of hydrogen-bond donors (Lipinski definition) is 0. The Morgan fingerprint density at radius 2 is 2.00 bits per heavy atom. The molecule has 1 amide bonds. The third kappa shape index (κ3) is 1.82. The van der Waals surface area contributed by atoms with Crippen LogP contribution in [0.15, 0.2) is 18.2 Å². The van der Waals surface area contributed by atoms with Crippen molar-refractivity contribution in [1.29, 1.82) is 0 Å². The van der Waals surface area contributed by atoms with E-state index in [1.807, 2.05) is 0 Å². The summed E-state index contributed by atoms with van der Waals surface area (Å²) in [6.07, 6.45) is 0. The summed E-state index contributed by atoms with van der Waals surface area (Å²) in [5.41, 5.74) is 0.571. The van der Waals surface area contributed by atoms with Crippen molar-refractivity contribution in [2.24, 2.45) is 0 Å². The first-order valence-electron chi connectivity index (χ1n) is 5.62. The fourth-order valence-corrected chi connectivity index (χ4v) is 2.04. The van der Waals surface area contributed by atoms with Gasteiger partial charge in [-0.2, -0.15) is 0 Å². The molecule has 0 bridgehead atoms. The highest BCUT2D eigenvalue weighted by atomic mass is 16.7. The molecule has 90 valence electrons. The van der Waals surface area contributed by atoms with Gasteiger partial charge in [0.05, 0.1) is 18.8 Å². The van der Waals surface area contributed by atoms with Crippen molar-refractivity contribution in [1.82, 2.24) is 4.90 Å². The highest BCUT2D eigenvalue weighted by Gasteiger charge is 2.26. The molecule has 0 N–H and O–H groups in total. The number of carbonyl (C=O) groups is 1. The minimum atomic E-state index is -0.0179. The first-order valence-corrected chi connectivity index (χ1v) is 5.62. The Balaban J connectivity index is 1.88. The lowest BCUT2D eigenvalue weighted by molar-refractivity contribution is 0.0300. The summed E-state index contributed by atoms with van der Waals surface area (Å²) in [7, 11) is 0. The number of nitrogens with zero attached hydrogens (tertiary/aromatic N) is 1. The highest BCUT2D eigenvalue weighted by Crippen LogP contribution is 2.35. The summed E-state index contributed by atoms with van der Waals surface area (Å²) in [5, 5.41) is 0. The zero-order valence-corrected chi connectivity index (χ0v) is 9.35. The van der Waals surface area contributed by atoms with Crippen LogP contribution in [0.25, 0.3) is 0 Å². The van der Waals surface area contributed by atoms with E-state index in [1.54, 1.807) is 23.1 Å². The van der Waals surface area contributed by atoms with Crippen LogP contribution < -0.4 is 9.47 Å². The van der Waals surface area contributed by atoms with Gasteiger partial charge in [0, 0.05) is 13.1 Å². The van der Waals surface area contributed by atoms with Crippen LogP contribution >= 0.6 is 0 Å². The largest absolute Gasteiger partial charge is 0.454 e. The number of hydrogen-bond acceptors (Lipinski definition) is 4. The molecule has 1 saturated heterocycles. The van der Waals surface area contributed by atoms with Crippen molar-refractivity contribution < 1.29 is 19.0 Å². The normalized spacial score (nSPS) is 18.2. The molecule has 0 spiro atoms. The molecule has 5 heteroatoms. The van der Waals surface area contributed by atoms with E-state index in [1.165, 1.54) is 0 Å². The molecule has 2 heterocycles. The maximum absolute atomic E-state index is 12.3. The molecule has 2 aliphatic rings. The molecule has 0 saturated carbocycles. The van der Waals surface area contributed by atoms with Crippen LogP contribution in [0.2, 0.25) is 0 Å². The van der Waals surface area contributed by atoms with Crippen molar-refractivity contribution in [2.75, 3.05) is 33.1 Å². The lowest BCUT2D eigenvalue weighted by Gasteiger charge is -2.27. The Hall–Kier alpha value is -1.75. The fraction of sp³-hybridized carbons (Fsp3) is 0.417. The molecule has 1 fully saturated rings. The molecule has 0 unspecified atom stereocenters. The third-order valence-corrected chi connectivity index (χ3v) is 2.93. The van der Waals surface area contributed by atoms with Gasteiger partial charge in [-0.1, -0.05) is 6.07 Å². The molecule has 5 nitrogen and oxygen atoms in total. The van der Waals surface area contributed by atoms with Gasteiger partial charge in [-0.25, -0.2) is 0 Å². The van der Waals surface area contributed by atoms with Gasteiger partial charge in [0.25, 0.3) is 5.91 Å². The Kier molecular flexibility index (Phi) is 2.60. The summed E-state index contributed by atoms with van der Waals surface area (Å²) in [6.45, 7) is 2.63. The number of carbonyl (C=O) groups excluding carboxylic acids is 1. The van der Waals surface area contributed by atoms with Gasteiger partial charge in [0.15, 0.2) is 11.5 Å². The van der Waals surface area contributed by atoms with Gasteiger partial charge in [-0.05, 0) is 12.1 Å². The zero-order valence-electron chi connectivity index (χ0n) is 9.35. The Morgan fingerprint density at radius 3 is 2.82 bits per heavy atom. The molecular weight excluding hydrogens is 222 g/mol. The van der Waals surface area contributed by atoms with Crippen molar-refractivity contribution >= 4 is 5.91 Å². The molecular formula is C12H13NO4. The molecule has 3 rings (SSSR count). The van der Waals surface area contributed by atoms with E-state index in [2.05, 4.69) is 0 Å². The predicted molar refractivity (Wildman–Crippen MR) is 59.3 cm³/mol. The predicted octanol–water partition coefficient (Wildman–Crippen LogP) is 0.888. The monoisotopic (exact) mass is 235 g/mol. The number of rotatable bonds is 1. The number of fused-ring (bicyclic) bond motifs is 1. The third-order valence-electron chi connectivity index (χ3n) is 2.93. The lowest BCUT2D eigenvalue weighted by atomic mass is 10.1. The average molecular weight is 235 g/mol. The van der Waals surface area contributed by atoms with E-state index < -0.39 is 0 Å². The minimum absolute atomic E-state index is 0.0179. The van der Waals surface area contributed by atoms with Crippen molar-refractivity contribution in [3.8, 4) is 11.5 Å². The Bertz CT molecular complexity index is 440. The number of amides is 1.